The summed E-state index contributed by atoms with van der Waals surface area (Å²) in [5.74, 6) is 6.27. The molecule has 120 valence electrons. The van der Waals surface area contributed by atoms with Crippen molar-refractivity contribution in [2.75, 3.05) is 5.43 Å². The zero-order valence-electron chi connectivity index (χ0n) is 13.8. The molecule has 2 heteroatoms. The minimum atomic E-state index is 0.663. The first kappa shape index (κ1) is 16.3. The van der Waals surface area contributed by atoms with Gasteiger partial charge in [-0.2, -0.15) is 5.10 Å². The predicted octanol–water partition coefficient (Wildman–Crippen LogP) is 5.22. The highest BCUT2D eigenvalue weighted by molar-refractivity contribution is 6.11. The van der Waals surface area contributed by atoms with Crippen molar-refractivity contribution < 1.29 is 0 Å². The molecule has 0 heterocycles. The Morgan fingerprint density at radius 3 is 2.04 bits per heavy atom. The van der Waals surface area contributed by atoms with E-state index < -0.39 is 0 Å². The van der Waals surface area contributed by atoms with Crippen molar-refractivity contribution in [1.82, 2.24) is 0 Å². The van der Waals surface area contributed by atoms with Crippen LogP contribution in [0.25, 0.3) is 6.08 Å². The van der Waals surface area contributed by atoms with E-state index in [0.717, 1.165) is 16.8 Å². The van der Waals surface area contributed by atoms with Gasteiger partial charge >= 0.3 is 0 Å². The molecule has 0 saturated heterocycles. The summed E-state index contributed by atoms with van der Waals surface area (Å²) in [5, 5.41) is 4.43. The van der Waals surface area contributed by atoms with E-state index in [1.54, 1.807) is 0 Å². The Morgan fingerprint density at radius 1 is 0.760 bits per heavy atom. The average Bonchev–Trinajstić information content (AvgIpc) is 2.70. The summed E-state index contributed by atoms with van der Waals surface area (Å²) >= 11 is 0. The third-order valence-corrected chi connectivity index (χ3v) is 3.42. The summed E-state index contributed by atoms with van der Waals surface area (Å²) in [4.78, 5) is 0. The van der Waals surface area contributed by atoms with Crippen molar-refractivity contribution >= 4 is 17.5 Å². The molecule has 0 aliphatic carbocycles. The van der Waals surface area contributed by atoms with E-state index in [-0.39, 0.29) is 0 Å². The molecule has 25 heavy (non-hydrogen) atoms. The fourth-order valence-electron chi connectivity index (χ4n) is 2.14. The van der Waals surface area contributed by atoms with Crippen LogP contribution in [0.15, 0.2) is 102 Å². The molecule has 0 aliphatic rings. The van der Waals surface area contributed by atoms with E-state index in [2.05, 4.69) is 22.4 Å². The molecule has 0 atom stereocenters. The Balaban J connectivity index is 1.83. The minimum absolute atomic E-state index is 0.663. The third-order valence-electron chi connectivity index (χ3n) is 3.42. The van der Waals surface area contributed by atoms with Gasteiger partial charge in [-0.25, -0.2) is 0 Å². The monoisotopic (exact) mass is 322 g/mol. The molecule has 0 bridgehead atoms. The minimum Gasteiger partial charge on any atom is -0.277 e. The Morgan fingerprint density at radius 2 is 1.36 bits per heavy atom. The summed E-state index contributed by atoms with van der Waals surface area (Å²) in [5.41, 5.74) is 6.71. The Kier molecular flexibility index (Phi) is 5.80. The van der Waals surface area contributed by atoms with E-state index in [1.807, 2.05) is 103 Å². The number of allylic oxidation sites excluding steroid dienone is 1. The molecule has 0 amide bonds. The maximum Gasteiger partial charge on any atom is 0.133 e. The lowest BCUT2D eigenvalue weighted by Gasteiger charge is -1.99. The van der Waals surface area contributed by atoms with Crippen molar-refractivity contribution in [2.24, 2.45) is 5.10 Å². The van der Waals surface area contributed by atoms with Crippen molar-refractivity contribution in [3.05, 3.63) is 108 Å². The van der Waals surface area contributed by atoms with Gasteiger partial charge in [0.2, 0.25) is 0 Å². The predicted molar refractivity (Wildman–Crippen MR) is 106 cm³/mol. The maximum absolute atomic E-state index is 4.43. The normalized spacial score (nSPS) is 11.0. The quantitative estimate of drug-likeness (QED) is 0.397. The summed E-state index contributed by atoms with van der Waals surface area (Å²) < 4.78 is 0. The first-order valence-electron chi connectivity index (χ1n) is 8.09. The fraction of sp³-hybridized carbons (Fsp3) is 0. The molecular formula is C23H18N2. The van der Waals surface area contributed by atoms with Gasteiger partial charge in [0, 0.05) is 5.56 Å². The molecular weight excluding hydrogens is 304 g/mol. The molecule has 0 aromatic heterocycles. The molecule has 2 nitrogen and oxygen atoms in total. The van der Waals surface area contributed by atoms with Gasteiger partial charge in [0.05, 0.1) is 5.69 Å². The second kappa shape index (κ2) is 8.90. The highest BCUT2D eigenvalue weighted by Crippen LogP contribution is 2.06. The number of hydrogen-bond acceptors (Lipinski definition) is 2. The molecule has 0 fully saturated rings. The number of nitrogens with zero attached hydrogens (tertiary/aromatic N) is 1. The second-order valence-corrected chi connectivity index (χ2v) is 5.33. The van der Waals surface area contributed by atoms with Gasteiger partial charge in [-0.3, -0.25) is 5.43 Å². The molecule has 3 aromatic carbocycles. The maximum atomic E-state index is 4.43. The molecule has 3 aromatic rings. The number of hydrogen-bond donors (Lipinski definition) is 1. The molecule has 0 spiro atoms. The summed E-state index contributed by atoms with van der Waals surface area (Å²) in [6, 6.07) is 29.8. The Labute approximate surface area is 148 Å². The van der Waals surface area contributed by atoms with E-state index >= 15 is 0 Å². The highest BCUT2D eigenvalue weighted by Gasteiger charge is 1.92. The summed E-state index contributed by atoms with van der Waals surface area (Å²) in [6.07, 6.45) is 3.92. The average molecular weight is 322 g/mol. The lowest BCUT2D eigenvalue weighted by atomic mass is 10.2. The molecule has 0 radical (unpaired) electrons. The topological polar surface area (TPSA) is 24.4 Å². The van der Waals surface area contributed by atoms with Crippen LogP contribution in [-0.4, -0.2) is 5.71 Å². The third kappa shape index (κ3) is 5.53. The Bertz CT molecular complexity index is 900. The van der Waals surface area contributed by atoms with Crippen molar-refractivity contribution in [1.29, 1.82) is 0 Å². The van der Waals surface area contributed by atoms with Crippen LogP contribution in [0.5, 0.6) is 0 Å². The second-order valence-electron chi connectivity index (χ2n) is 5.33. The smallest absolute Gasteiger partial charge is 0.133 e. The molecule has 0 saturated carbocycles. The Hall–Kier alpha value is -3.57. The SMILES string of the molecule is C(#Cc1ccccc1)C(C=Cc1ccccc1)=NNc1ccccc1. The van der Waals surface area contributed by atoms with Gasteiger partial charge in [-0.05, 0) is 41.8 Å². The standard InChI is InChI=1S/C23H18N2/c1-4-10-20(11-5-1)16-18-23(19-17-21-12-6-2-7-13-21)25-24-22-14-8-3-9-15-22/h1-16,18,24H. The lowest BCUT2D eigenvalue weighted by Crippen LogP contribution is -1.96. The van der Waals surface area contributed by atoms with Gasteiger partial charge in [0.1, 0.15) is 5.71 Å². The number of benzene rings is 3. The van der Waals surface area contributed by atoms with Crippen LogP contribution in [0.1, 0.15) is 11.1 Å². The number of hydrazone groups is 1. The molecule has 3 rings (SSSR count). The van der Waals surface area contributed by atoms with Gasteiger partial charge in [0.25, 0.3) is 0 Å². The lowest BCUT2D eigenvalue weighted by molar-refractivity contribution is 1.35. The van der Waals surface area contributed by atoms with Crippen LogP contribution in [0.3, 0.4) is 0 Å². The fourth-order valence-corrected chi connectivity index (χ4v) is 2.14. The summed E-state index contributed by atoms with van der Waals surface area (Å²) in [6.45, 7) is 0. The molecule has 0 unspecified atom stereocenters. The van der Waals surface area contributed by atoms with Gasteiger partial charge in [-0.1, -0.05) is 78.7 Å². The number of nitrogens with one attached hydrogen (secondary N) is 1. The van der Waals surface area contributed by atoms with E-state index in [4.69, 9.17) is 0 Å². The molecule has 1 N–H and O–H groups in total. The van der Waals surface area contributed by atoms with E-state index in [1.165, 1.54) is 0 Å². The highest BCUT2D eigenvalue weighted by atomic mass is 15.3. The largest absolute Gasteiger partial charge is 0.277 e. The number of rotatable bonds is 4. The van der Waals surface area contributed by atoms with Crippen LogP contribution >= 0.6 is 0 Å². The molecule has 0 aliphatic heterocycles. The first-order chi connectivity index (χ1) is 12.4. The zero-order chi connectivity index (χ0) is 17.2. The first-order valence-corrected chi connectivity index (χ1v) is 8.09. The zero-order valence-corrected chi connectivity index (χ0v) is 13.8. The van der Waals surface area contributed by atoms with Crippen LogP contribution in [0.4, 0.5) is 5.69 Å². The van der Waals surface area contributed by atoms with Gasteiger partial charge in [0.15, 0.2) is 0 Å². The van der Waals surface area contributed by atoms with E-state index in [9.17, 15) is 0 Å². The van der Waals surface area contributed by atoms with Crippen LogP contribution in [-0.2, 0) is 0 Å². The van der Waals surface area contributed by atoms with E-state index in [0.29, 0.717) is 5.71 Å². The summed E-state index contributed by atoms with van der Waals surface area (Å²) in [7, 11) is 0. The number of para-hydroxylation sites is 1. The van der Waals surface area contributed by atoms with Crippen molar-refractivity contribution in [2.45, 2.75) is 0 Å². The number of anilines is 1. The van der Waals surface area contributed by atoms with Crippen LogP contribution in [0.2, 0.25) is 0 Å². The van der Waals surface area contributed by atoms with Crippen molar-refractivity contribution in [3.63, 3.8) is 0 Å². The van der Waals surface area contributed by atoms with Crippen molar-refractivity contribution in [3.8, 4) is 11.8 Å². The van der Waals surface area contributed by atoms with Gasteiger partial charge in [-0.15, -0.1) is 0 Å². The van der Waals surface area contributed by atoms with Crippen LogP contribution in [0, 0.1) is 11.8 Å². The van der Waals surface area contributed by atoms with Gasteiger partial charge < -0.3 is 0 Å². The van der Waals surface area contributed by atoms with Crippen LogP contribution < -0.4 is 5.43 Å².